The van der Waals surface area contributed by atoms with Gasteiger partial charge in [-0.25, -0.2) is 0 Å². The maximum absolute atomic E-state index is 6.89. The zero-order chi connectivity index (χ0) is 40.5. The fourth-order valence-electron chi connectivity index (χ4n) is 9.33. The van der Waals surface area contributed by atoms with E-state index in [1.165, 1.54) is 77.7 Å². The number of fused-ring (bicyclic) bond motifs is 4. The van der Waals surface area contributed by atoms with Crippen LogP contribution in [0.5, 0.6) is 11.5 Å². The fraction of sp³-hybridized carbons (Fsp3) is 0.143. The van der Waals surface area contributed by atoms with E-state index in [9.17, 15) is 0 Å². The predicted molar refractivity (Wildman–Crippen MR) is 251 cm³/mol. The highest BCUT2D eigenvalue weighted by Gasteiger charge is 2.42. The largest absolute Gasteiger partial charge is 0.458 e. The number of anilines is 3. The van der Waals surface area contributed by atoms with E-state index in [4.69, 9.17) is 4.74 Å². The summed E-state index contributed by atoms with van der Waals surface area (Å²) in [5.41, 5.74) is 19.4. The minimum absolute atomic E-state index is 0.00686. The van der Waals surface area contributed by atoms with E-state index in [2.05, 4.69) is 228 Å². The van der Waals surface area contributed by atoms with Crippen LogP contribution in [-0.4, -0.2) is 6.71 Å². The van der Waals surface area contributed by atoms with E-state index in [0.29, 0.717) is 0 Å². The minimum atomic E-state index is -0.0452. The lowest BCUT2D eigenvalue weighted by Crippen LogP contribution is -2.59. The molecule has 0 aliphatic carbocycles. The summed E-state index contributed by atoms with van der Waals surface area (Å²) in [5, 5.41) is 0. The highest BCUT2D eigenvalue weighted by Crippen LogP contribution is 2.47. The van der Waals surface area contributed by atoms with Gasteiger partial charge in [-0.1, -0.05) is 187 Å². The highest BCUT2D eigenvalue weighted by atomic mass is 16.5. The Morgan fingerprint density at radius 3 is 1.49 bits per heavy atom. The first-order valence-corrected chi connectivity index (χ1v) is 20.9. The Morgan fingerprint density at radius 2 is 0.898 bits per heavy atom. The zero-order valence-corrected chi connectivity index (χ0v) is 34.8. The maximum Gasteiger partial charge on any atom is 0.256 e. The Labute approximate surface area is 349 Å². The van der Waals surface area contributed by atoms with Crippen LogP contribution in [0.4, 0.5) is 17.1 Å². The average Bonchev–Trinajstić information content (AvgIpc) is 3.26. The first kappa shape index (κ1) is 36.7. The minimum Gasteiger partial charge on any atom is -0.458 e. The monoisotopic (exact) mass is 761 g/mol. The van der Waals surface area contributed by atoms with Crippen LogP contribution in [-0.2, 0) is 10.8 Å². The van der Waals surface area contributed by atoms with Gasteiger partial charge in [0.15, 0.2) is 0 Å². The van der Waals surface area contributed by atoms with Crippen LogP contribution in [0.3, 0.4) is 0 Å². The predicted octanol–water partition coefficient (Wildman–Crippen LogP) is 13.4. The lowest BCUT2D eigenvalue weighted by molar-refractivity contribution is 0.487. The Balaban J connectivity index is 1.25. The van der Waals surface area contributed by atoms with Crippen molar-refractivity contribution in [3.63, 3.8) is 0 Å². The van der Waals surface area contributed by atoms with Crippen LogP contribution < -0.4 is 26.0 Å². The molecule has 3 heteroatoms. The normalized spacial score (nSPS) is 13.0. The van der Waals surface area contributed by atoms with Gasteiger partial charge in [0, 0.05) is 16.9 Å². The van der Waals surface area contributed by atoms with Gasteiger partial charge in [0.25, 0.3) is 6.71 Å². The molecule has 0 atom stereocenters. The van der Waals surface area contributed by atoms with Crippen molar-refractivity contribution < 1.29 is 4.74 Å². The summed E-state index contributed by atoms with van der Waals surface area (Å²) in [6.45, 7) is 14.0. The standard InChI is InChI=1S/C56H48BNO/c1-55(2,3)45-29-25-43(34-46(45)56(4,5)6)44-33-40(37-17-10-7-11-18-37)26-30-49(44)58-50-31-27-41(38-19-12-8-13-20-38)35-47(50)57-48-36-42(39-21-14-9-15-22-39)28-32-52(48)59-53-24-16-23-51(58)54(53)57/h7-36H,1-6H3. The molecule has 0 amide bonds. The molecule has 0 saturated carbocycles. The third-order valence-electron chi connectivity index (χ3n) is 12.2. The molecule has 59 heavy (non-hydrogen) atoms. The van der Waals surface area contributed by atoms with Gasteiger partial charge in [-0.15, -0.1) is 0 Å². The van der Waals surface area contributed by atoms with Crippen molar-refractivity contribution in [2.75, 3.05) is 4.90 Å². The molecule has 0 fully saturated rings. The van der Waals surface area contributed by atoms with Crippen LogP contribution in [0.2, 0.25) is 0 Å². The van der Waals surface area contributed by atoms with Crippen molar-refractivity contribution in [2.24, 2.45) is 0 Å². The van der Waals surface area contributed by atoms with Gasteiger partial charge in [-0.05, 0) is 114 Å². The topological polar surface area (TPSA) is 12.5 Å². The van der Waals surface area contributed by atoms with Crippen LogP contribution in [0, 0.1) is 0 Å². The molecule has 0 unspecified atom stereocenters. The molecule has 2 nitrogen and oxygen atoms in total. The third-order valence-corrected chi connectivity index (χ3v) is 12.2. The van der Waals surface area contributed by atoms with Gasteiger partial charge in [0.1, 0.15) is 11.5 Å². The second-order valence-corrected chi connectivity index (χ2v) is 18.2. The molecule has 0 saturated heterocycles. The molecule has 2 aliphatic heterocycles. The number of ether oxygens (including phenoxy) is 1. The van der Waals surface area contributed by atoms with Gasteiger partial charge < -0.3 is 9.64 Å². The van der Waals surface area contributed by atoms with Crippen LogP contribution >= 0.6 is 0 Å². The van der Waals surface area contributed by atoms with Gasteiger partial charge in [-0.2, -0.15) is 0 Å². The summed E-state index contributed by atoms with van der Waals surface area (Å²) in [7, 11) is 0. The summed E-state index contributed by atoms with van der Waals surface area (Å²) in [4.78, 5) is 2.51. The SMILES string of the molecule is CC(C)(C)c1ccc(-c2cc(-c3ccccc3)ccc2N2c3ccc(-c4ccccc4)cc3B3c4cc(-c5ccccc5)ccc4Oc4cccc2c43)cc1C(C)(C)C. The molecule has 0 N–H and O–H groups in total. The number of benzene rings is 8. The van der Waals surface area contributed by atoms with Gasteiger partial charge in [-0.3, -0.25) is 0 Å². The molecule has 0 radical (unpaired) electrons. The molecule has 2 heterocycles. The van der Waals surface area contributed by atoms with Crippen LogP contribution in [0.15, 0.2) is 182 Å². The highest BCUT2D eigenvalue weighted by molar-refractivity contribution is 6.99. The molecule has 0 aromatic heterocycles. The number of hydrogen-bond acceptors (Lipinski definition) is 2. The second kappa shape index (κ2) is 14.1. The van der Waals surface area contributed by atoms with E-state index in [1.54, 1.807) is 0 Å². The molecule has 0 spiro atoms. The summed E-state index contributed by atoms with van der Waals surface area (Å²) < 4.78 is 6.89. The van der Waals surface area contributed by atoms with E-state index >= 15 is 0 Å². The lowest BCUT2D eigenvalue weighted by Gasteiger charge is -2.41. The smallest absolute Gasteiger partial charge is 0.256 e. The van der Waals surface area contributed by atoms with Crippen molar-refractivity contribution in [1.82, 2.24) is 0 Å². The van der Waals surface area contributed by atoms with Crippen molar-refractivity contribution in [3.05, 3.63) is 193 Å². The Morgan fingerprint density at radius 1 is 0.373 bits per heavy atom. The number of rotatable bonds is 5. The molecule has 10 rings (SSSR count). The molecule has 0 bridgehead atoms. The Bertz CT molecular complexity index is 2870. The second-order valence-electron chi connectivity index (χ2n) is 18.2. The molecular weight excluding hydrogens is 713 g/mol. The molecule has 286 valence electrons. The first-order valence-electron chi connectivity index (χ1n) is 20.9. The molecule has 8 aromatic carbocycles. The van der Waals surface area contributed by atoms with Gasteiger partial charge >= 0.3 is 0 Å². The average molecular weight is 762 g/mol. The number of nitrogens with zero attached hydrogens (tertiary/aromatic N) is 1. The van der Waals surface area contributed by atoms with E-state index in [1.807, 2.05) is 0 Å². The Hall–Kier alpha value is -6.58. The summed E-state index contributed by atoms with van der Waals surface area (Å²) in [6, 6.07) is 66.8. The molecule has 2 aliphatic rings. The fourth-order valence-corrected chi connectivity index (χ4v) is 9.33. The maximum atomic E-state index is 6.89. The molecule has 8 aromatic rings. The van der Waals surface area contributed by atoms with Crippen molar-refractivity contribution in [2.45, 2.75) is 52.4 Å². The number of hydrogen-bond donors (Lipinski definition) is 0. The van der Waals surface area contributed by atoms with Crippen molar-refractivity contribution in [1.29, 1.82) is 0 Å². The third kappa shape index (κ3) is 6.46. The van der Waals surface area contributed by atoms with Crippen LogP contribution in [0.1, 0.15) is 52.7 Å². The van der Waals surface area contributed by atoms with Crippen LogP contribution in [0.25, 0.3) is 44.5 Å². The lowest BCUT2D eigenvalue weighted by atomic mass is 9.34. The Kier molecular flexibility index (Phi) is 8.76. The first-order chi connectivity index (χ1) is 28.5. The quantitative estimate of drug-likeness (QED) is 0.162. The van der Waals surface area contributed by atoms with Crippen molar-refractivity contribution >= 4 is 40.2 Å². The molecular formula is C56H48BNO. The van der Waals surface area contributed by atoms with Gasteiger partial charge in [0.05, 0.1) is 5.69 Å². The van der Waals surface area contributed by atoms with E-state index < -0.39 is 0 Å². The van der Waals surface area contributed by atoms with Gasteiger partial charge in [0.2, 0.25) is 0 Å². The zero-order valence-electron chi connectivity index (χ0n) is 34.8. The summed E-state index contributed by atoms with van der Waals surface area (Å²) in [6.07, 6.45) is 0. The van der Waals surface area contributed by atoms with E-state index in [-0.39, 0.29) is 17.5 Å². The summed E-state index contributed by atoms with van der Waals surface area (Å²) in [5.74, 6) is 1.81. The van der Waals surface area contributed by atoms with Crippen molar-refractivity contribution in [3.8, 4) is 56.0 Å². The summed E-state index contributed by atoms with van der Waals surface area (Å²) >= 11 is 0. The van der Waals surface area contributed by atoms with E-state index in [0.717, 1.165) is 22.9 Å².